The first-order valence-electron chi connectivity index (χ1n) is 10.7. The van der Waals surface area contributed by atoms with Gasteiger partial charge >= 0.3 is 5.97 Å². The van der Waals surface area contributed by atoms with Gasteiger partial charge in [-0.2, -0.15) is 13.5 Å². The molecule has 3 aromatic carbocycles. The lowest BCUT2D eigenvalue weighted by Gasteiger charge is -2.18. The summed E-state index contributed by atoms with van der Waals surface area (Å²) in [5, 5.41) is 3.07. The van der Waals surface area contributed by atoms with Crippen LogP contribution in [-0.4, -0.2) is 41.7 Å². The average Bonchev–Trinajstić information content (AvgIpc) is 3.34. The van der Waals surface area contributed by atoms with E-state index in [1.807, 2.05) is 0 Å². The van der Waals surface area contributed by atoms with Gasteiger partial charge in [-0.3, -0.25) is 9.59 Å². The molecule has 0 fully saturated rings. The number of aryl methyl sites for hydroxylation is 1. The highest BCUT2D eigenvalue weighted by Gasteiger charge is 2.29. The van der Waals surface area contributed by atoms with Gasteiger partial charge in [-0.1, -0.05) is 54.1 Å². The number of carbonyl (C=O) groups excluding carboxylic acids is 2. The molecule has 4 aromatic rings. The first-order chi connectivity index (χ1) is 17.2. The number of aromatic nitrogens is 2. The lowest BCUT2D eigenvalue weighted by atomic mass is 10.1. The van der Waals surface area contributed by atoms with Gasteiger partial charge in [0.15, 0.2) is 6.61 Å². The zero-order valence-electron chi connectivity index (χ0n) is 19.0. The van der Waals surface area contributed by atoms with Crippen molar-refractivity contribution in [3.05, 3.63) is 82.9 Å². The Hall–Kier alpha value is -3.38. The summed E-state index contributed by atoms with van der Waals surface area (Å²) in [6.45, 7) is 1.18. The maximum atomic E-state index is 13.2. The van der Waals surface area contributed by atoms with Gasteiger partial charge in [-0.15, -0.1) is 0 Å². The van der Waals surface area contributed by atoms with Crippen LogP contribution in [-0.2, 0) is 30.8 Å². The van der Waals surface area contributed by atoms with E-state index in [-0.39, 0.29) is 16.8 Å². The number of sulfonamides is 1. The van der Waals surface area contributed by atoms with Gasteiger partial charge in [0.2, 0.25) is 10.0 Å². The van der Waals surface area contributed by atoms with E-state index in [1.54, 1.807) is 67.6 Å². The molecule has 1 heterocycles. The van der Waals surface area contributed by atoms with Crippen molar-refractivity contribution >= 4 is 61.9 Å². The van der Waals surface area contributed by atoms with Gasteiger partial charge in [0.1, 0.15) is 22.0 Å². The van der Waals surface area contributed by atoms with Crippen LogP contribution in [0.5, 0.6) is 0 Å². The number of nitrogens with one attached hydrogen (secondary N) is 2. The van der Waals surface area contributed by atoms with E-state index < -0.39 is 34.5 Å². The molecular weight excluding hydrogens is 524 g/mol. The normalized spacial score (nSPS) is 12.3. The molecular formula is C24H21ClN4O5S2. The highest BCUT2D eigenvalue weighted by atomic mass is 35.5. The Morgan fingerprint density at radius 2 is 1.83 bits per heavy atom. The molecule has 0 aliphatic carbocycles. The van der Waals surface area contributed by atoms with Crippen molar-refractivity contribution in [2.45, 2.75) is 24.3 Å². The lowest BCUT2D eigenvalue weighted by molar-refractivity contribution is -0.149. The van der Waals surface area contributed by atoms with Gasteiger partial charge < -0.3 is 10.1 Å². The number of amides is 1. The number of nitrogens with zero attached hydrogens (tertiary/aromatic N) is 2. The highest BCUT2D eigenvalue weighted by Crippen LogP contribution is 2.22. The van der Waals surface area contributed by atoms with E-state index in [4.69, 9.17) is 16.3 Å². The Labute approximate surface area is 216 Å². The fourth-order valence-corrected chi connectivity index (χ4v) is 5.55. The van der Waals surface area contributed by atoms with Crippen molar-refractivity contribution in [1.29, 1.82) is 0 Å². The van der Waals surface area contributed by atoms with Crippen LogP contribution in [0.25, 0.3) is 11.0 Å². The second-order valence-electron chi connectivity index (χ2n) is 7.87. The minimum atomic E-state index is -4.18. The van der Waals surface area contributed by atoms with E-state index in [0.717, 1.165) is 17.3 Å². The van der Waals surface area contributed by atoms with Crippen molar-refractivity contribution in [2.75, 3.05) is 11.9 Å². The summed E-state index contributed by atoms with van der Waals surface area (Å²) in [5.74, 6) is -1.49. The molecule has 0 aliphatic rings. The Morgan fingerprint density at radius 3 is 2.61 bits per heavy atom. The van der Waals surface area contributed by atoms with Crippen LogP contribution < -0.4 is 10.0 Å². The molecule has 0 unspecified atom stereocenters. The lowest BCUT2D eigenvalue weighted by Crippen LogP contribution is -2.44. The monoisotopic (exact) mass is 544 g/mol. The predicted octanol–water partition coefficient (Wildman–Crippen LogP) is 3.72. The number of hydrogen-bond acceptors (Lipinski definition) is 8. The zero-order chi connectivity index (χ0) is 25.7. The van der Waals surface area contributed by atoms with E-state index >= 15 is 0 Å². The summed E-state index contributed by atoms with van der Waals surface area (Å²) in [6.07, 6.45) is 0.0131. The number of hydrogen-bond donors (Lipinski definition) is 2. The molecule has 9 nitrogen and oxygen atoms in total. The van der Waals surface area contributed by atoms with Crippen molar-refractivity contribution in [3.8, 4) is 0 Å². The Kier molecular flexibility index (Phi) is 7.94. The van der Waals surface area contributed by atoms with Crippen LogP contribution in [0.4, 0.5) is 5.69 Å². The summed E-state index contributed by atoms with van der Waals surface area (Å²) >= 11 is 6.87. The summed E-state index contributed by atoms with van der Waals surface area (Å²) in [5.41, 5.74) is 2.60. The molecule has 4 rings (SSSR count). The molecule has 0 saturated carbocycles. The van der Waals surface area contributed by atoms with E-state index in [0.29, 0.717) is 21.8 Å². The summed E-state index contributed by atoms with van der Waals surface area (Å²) < 4.78 is 42.2. The van der Waals surface area contributed by atoms with Crippen LogP contribution in [0.1, 0.15) is 11.1 Å². The molecule has 2 N–H and O–H groups in total. The van der Waals surface area contributed by atoms with Gasteiger partial charge in [-0.05, 0) is 48.7 Å². The Morgan fingerprint density at radius 1 is 1.06 bits per heavy atom. The molecule has 0 radical (unpaired) electrons. The summed E-state index contributed by atoms with van der Waals surface area (Å²) in [6, 6.07) is 17.2. The van der Waals surface area contributed by atoms with Crippen LogP contribution in [0, 0.1) is 6.92 Å². The first kappa shape index (κ1) is 25.7. The number of halogens is 1. The second kappa shape index (κ2) is 11.1. The predicted molar refractivity (Wildman–Crippen MR) is 137 cm³/mol. The van der Waals surface area contributed by atoms with E-state index in [9.17, 15) is 18.0 Å². The topological polar surface area (TPSA) is 127 Å². The average molecular weight is 545 g/mol. The van der Waals surface area contributed by atoms with Crippen LogP contribution >= 0.6 is 23.3 Å². The smallest absolute Gasteiger partial charge is 0.325 e. The molecule has 0 bridgehead atoms. The zero-order valence-corrected chi connectivity index (χ0v) is 21.4. The standard InChI is InChI=1S/C24H21ClN4O5S2/c1-15-10-11-17(25)13-19(15)26-22(30)14-34-24(31)20(12-16-6-3-2-4-7-16)29-36(32,33)21-9-5-8-18-23(21)28-35-27-18/h2-11,13,20,29H,12,14H2,1H3,(H,26,30)/t20-/m0/s1. The largest absolute Gasteiger partial charge is 0.454 e. The van der Waals surface area contributed by atoms with Crippen LogP contribution in [0.15, 0.2) is 71.6 Å². The number of esters is 1. The number of fused-ring (bicyclic) bond motifs is 1. The quantitative estimate of drug-likeness (QED) is 0.307. The number of carbonyl (C=O) groups is 2. The number of rotatable bonds is 9. The van der Waals surface area contributed by atoms with E-state index in [1.165, 1.54) is 6.07 Å². The minimum absolute atomic E-state index is 0.0131. The molecule has 186 valence electrons. The molecule has 1 aromatic heterocycles. The Bertz CT molecular complexity index is 1510. The van der Waals surface area contributed by atoms with Crippen LogP contribution in [0.3, 0.4) is 0 Å². The second-order valence-corrected chi connectivity index (χ2v) is 10.5. The minimum Gasteiger partial charge on any atom is -0.454 e. The third-order valence-electron chi connectivity index (χ3n) is 5.22. The molecule has 0 saturated heterocycles. The molecule has 36 heavy (non-hydrogen) atoms. The fraction of sp³-hybridized carbons (Fsp3) is 0.167. The third kappa shape index (κ3) is 6.24. The highest BCUT2D eigenvalue weighted by molar-refractivity contribution is 7.89. The maximum Gasteiger partial charge on any atom is 0.325 e. The first-order valence-corrected chi connectivity index (χ1v) is 13.3. The SMILES string of the molecule is Cc1ccc(Cl)cc1NC(=O)COC(=O)[C@H](Cc1ccccc1)NS(=O)(=O)c1cccc2nsnc12. The fourth-order valence-electron chi connectivity index (χ4n) is 3.42. The molecule has 12 heteroatoms. The van der Waals surface area contributed by atoms with Gasteiger partial charge in [0, 0.05) is 10.7 Å². The van der Waals surface area contributed by atoms with Gasteiger partial charge in [0.05, 0.1) is 11.7 Å². The number of anilines is 1. The maximum absolute atomic E-state index is 13.2. The molecule has 0 spiro atoms. The van der Waals surface area contributed by atoms with Gasteiger partial charge in [0.25, 0.3) is 5.91 Å². The van der Waals surface area contributed by atoms with Crippen molar-refractivity contribution < 1.29 is 22.7 Å². The van der Waals surface area contributed by atoms with Gasteiger partial charge in [-0.25, -0.2) is 8.42 Å². The summed E-state index contributed by atoms with van der Waals surface area (Å²) in [7, 11) is -4.18. The molecule has 1 atom stereocenters. The van der Waals surface area contributed by atoms with Crippen molar-refractivity contribution in [2.24, 2.45) is 0 Å². The molecule has 0 aliphatic heterocycles. The van der Waals surface area contributed by atoms with Crippen LogP contribution in [0.2, 0.25) is 5.02 Å². The van der Waals surface area contributed by atoms with Crippen molar-refractivity contribution in [1.82, 2.24) is 13.5 Å². The number of ether oxygens (including phenoxy) is 1. The molecule has 1 amide bonds. The van der Waals surface area contributed by atoms with E-state index in [2.05, 4.69) is 18.8 Å². The Balaban J connectivity index is 1.51. The number of benzene rings is 3. The van der Waals surface area contributed by atoms with Crippen molar-refractivity contribution in [3.63, 3.8) is 0 Å². The summed E-state index contributed by atoms with van der Waals surface area (Å²) in [4.78, 5) is 25.3. The third-order valence-corrected chi connectivity index (χ3v) is 7.50.